The van der Waals surface area contributed by atoms with Crippen LogP contribution in [-0.2, 0) is 0 Å². The van der Waals surface area contributed by atoms with Gasteiger partial charge in [-0.2, -0.15) is 13.5 Å². The first-order valence-electron chi connectivity index (χ1n) is 10.2. The summed E-state index contributed by atoms with van der Waals surface area (Å²) in [6, 6.07) is 7.51. The third-order valence-electron chi connectivity index (χ3n) is 5.23. The Hall–Kier alpha value is -3.86. The molecule has 2 N–H and O–H groups in total. The van der Waals surface area contributed by atoms with Crippen LogP contribution < -0.4 is 15.4 Å². The van der Waals surface area contributed by atoms with Crippen LogP contribution in [0.3, 0.4) is 0 Å². The highest BCUT2D eigenvalue weighted by Gasteiger charge is 2.19. The number of nitrogens with zero attached hydrogens (tertiary/aromatic N) is 5. The molecule has 0 fully saturated rings. The molecule has 1 atom stereocenters. The number of anilines is 1. The van der Waals surface area contributed by atoms with Gasteiger partial charge >= 0.3 is 6.01 Å². The Labute approximate surface area is 202 Å². The van der Waals surface area contributed by atoms with E-state index in [1.165, 1.54) is 20.5 Å². The Kier molecular flexibility index (Phi) is 7.90. The van der Waals surface area contributed by atoms with E-state index in [1.54, 1.807) is 30.6 Å². The van der Waals surface area contributed by atoms with Crippen molar-refractivity contribution in [2.75, 3.05) is 26.0 Å². The van der Waals surface area contributed by atoms with Crippen LogP contribution in [0.2, 0.25) is 0 Å². The highest BCUT2D eigenvalue weighted by atomic mass is 32.1. The topological polar surface area (TPSA) is 115 Å². The van der Waals surface area contributed by atoms with Gasteiger partial charge in [0.05, 0.1) is 30.1 Å². The van der Waals surface area contributed by atoms with Gasteiger partial charge in [-0.25, -0.2) is 24.3 Å². The van der Waals surface area contributed by atoms with Gasteiger partial charge in [0.15, 0.2) is 5.82 Å². The number of aromatic nitrogens is 5. The fourth-order valence-electron chi connectivity index (χ4n) is 3.51. The summed E-state index contributed by atoms with van der Waals surface area (Å²) in [5, 5.41) is 6.26. The van der Waals surface area contributed by atoms with Gasteiger partial charge in [-0.3, -0.25) is 9.78 Å². The van der Waals surface area contributed by atoms with E-state index in [4.69, 9.17) is 4.74 Å². The highest BCUT2D eigenvalue weighted by molar-refractivity contribution is 7.59. The summed E-state index contributed by atoms with van der Waals surface area (Å²) in [7, 11) is 2.97. The summed E-state index contributed by atoms with van der Waals surface area (Å²) in [5.74, 6) is -0.514. The number of fused-ring (bicyclic) bond motifs is 1. The van der Waals surface area contributed by atoms with Gasteiger partial charge in [0, 0.05) is 48.9 Å². The van der Waals surface area contributed by atoms with Crippen LogP contribution in [0.5, 0.6) is 6.01 Å². The monoisotopic (exact) mass is 481 g/mol. The van der Waals surface area contributed by atoms with E-state index >= 15 is 0 Å². The van der Waals surface area contributed by atoms with Crippen LogP contribution in [-0.4, -0.2) is 51.5 Å². The molecule has 9 nitrogen and oxygen atoms in total. The lowest BCUT2D eigenvalue weighted by atomic mass is 9.96. The van der Waals surface area contributed by atoms with Crippen molar-refractivity contribution in [1.82, 2.24) is 30.2 Å². The first-order chi connectivity index (χ1) is 16.0. The van der Waals surface area contributed by atoms with Crippen molar-refractivity contribution < 1.29 is 13.9 Å². The minimum absolute atomic E-state index is 0. The predicted molar refractivity (Wildman–Crippen MR) is 132 cm³/mol. The lowest BCUT2D eigenvalue weighted by molar-refractivity contribution is 0.0960. The molecule has 0 aliphatic heterocycles. The molecule has 4 rings (SSSR count). The Bertz CT molecular complexity index is 1300. The number of halogens is 1. The number of carbonyl (C=O) groups is 1. The standard InChI is InChI=1S/C23H22FN7O2.H2S/c1-13(15-5-4-6-16-20(22(32)25-2)17(24)11-27-21(15)16)8-26-19-7-18(30-12-31-19)14-9-28-23(33-3)29-10-14;/h4-7,9-13H,8H2,1-3H3,(H,25,32)(H,26,30,31);1H2/t13-;/m1./s1. The SMILES string of the molecule is CNC(=O)c1c(F)cnc2c([C@H](C)CNc3cc(-c4cnc(OC)nc4)ncn3)cccc12.S. The third kappa shape index (κ3) is 5.04. The average molecular weight is 482 g/mol. The molecule has 1 amide bonds. The summed E-state index contributed by atoms with van der Waals surface area (Å²) in [5.41, 5.74) is 2.87. The normalized spacial score (nSPS) is 11.4. The van der Waals surface area contributed by atoms with Crippen molar-refractivity contribution in [3.63, 3.8) is 0 Å². The number of nitrogens with one attached hydrogen (secondary N) is 2. The minimum atomic E-state index is -0.652. The van der Waals surface area contributed by atoms with E-state index in [-0.39, 0.29) is 31.0 Å². The zero-order chi connectivity index (χ0) is 23.4. The van der Waals surface area contributed by atoms with Crippen molar-refractivity contribution in [3.8, 4) is 17.3 Å². The largest absolute Gasteiger partial charge is 0.467 e. The molecule has 0 aliphatic rings. The molecule has 11 heteroatoms. The van der Waals surface area contributed by atoms with Crippen molar-refractivity contribution in [3.05, 3.63) is 66.1 Å². The molecule has 0 aliphatic carbocycles. The molecule has 0 saturated heterocycles. The smallest absolute Gasteiger partial charge is 0.316 e. The summed E-state index contributed by atoms with van der Waals surface area (Å²) >= 11 is 0. The lowest BCUT2D eigenvalue weighted by Crippen LogP contribution is -2.20. The molecular weight excluding hydrogens is 457 g/mol. The number of pyridine rings is 1. The average Bonchev–Trinajstić information content (AvgIpc) is 2.86. The van der Waals surface area contributed by atoms with Gasteiger partial charge in [0.2, 0.25) is 0 Å². The maximum Gasteiger partial charge on any atom is 0.316 e. The molecule has 176 valence electrons. The maximum atomic E-state index is 14.3. The number of methoxy groups -OCH3 is 1. The molecule has 0 unspecified atom stereocenters. The Morgan fingerprint density at radius 1 is 1.12 bits per heavy atom. The Morgan fingerprint density at radius 2 is 1.88 bits per heavy atom. The van der Waals surface area contributed by atoms with E-state index in [1.807, 2.05) is 13.0 Å². The third-order valence-corrected chi connectivity index (χ3v) is 5.23. The quantitative estimate of drug-likeness (QED) is 0.413. The molecule has 3 heterocycles. The fraction of sp³-hybridized carbons (Fsp3) is 0.217. The number of rotatable bonds is 7. The van der Waals surface area contributed by atoms with Gasteiger partial charge < -0.3 is 15.4 Å². The van der Waals surface area contributed by atoms with Crippen LogP contribution in [0.1, 0.15) is 28.8 Å². The van der Waals surface area contributed by atoms with E-state index < -0.39 is 11.7 Å². The zero-order valence-corrected chi connectivity index (χ0v) is 19.8. The first-order valence-corrected chi connectivity index (χ1v) is 10.2. The molecule has 1 aromatic carbocycles. The zero-order valence-electron chi connectivity index (χ0n) is 18.8. The van der Waals surface area contributed by atoms with Crippen molar-refractivity contribution in [2.24, 2.45) is 0 Å². The van der Waals surface area contributed by atoms with E-state index in [9.17, 15) is 9.18 Å². The summed E-state index contributed by atoms with van der Waals surface area (Å²) < 4.78 is 19.3. The second-order valence-corrected chi connectivity index (χ2v) is 7.33. The van der Waals surface area contributed by atoms with Crippen molar-refractivity contribution >= 4 is 36.1 Å². The number of carbonyl (C=O) groups excluding carboxylic acids is 1. The van der Waals surface area contributed by atoms with Crippen LogP contribution in [0.4, 0.5) is 10.2 Å². The minimum Gasteiger partial charge on any atom is -0.467 e. The summed E-state index contributed by atoms with van der Waals surface area (Å²) in [6.45, 7) is 2.55. The highest BCUT2D eigenvalue weighted by Crippen LogP contribution is 2.28. The van der Waals surface area contributed by atoms with E-state index in [0.717, 1.165) is 17.3 Å². The fourth-order valence-corrected chi connectivity index (χ4v) is 3.51. The van der Waals surface area contributed by atoms with E-state index in [2.05, 4.69) is 35.6 Å². The van der Waals surface area contributed by atoms with Gasteiger partial charge in [-0.1, -0.05) is 25.1 Å². The van der Waals surface area contributed by atoms with Crippen LogP contribution in [0, 0.1) is 5.82 Å². The number of ether oxygens (including phenoxy) is 1. The molecule has 0 saturated carbocycles. The van der Waals surface area contributed by atoms with Gasteiger partial charge in [-0.05, 0) is 5.56 Å². The maximum absolute atomic E-state index is 14.3. The number of benzene rings is 1. The number of para-hydroxylation sites is 1. The molecule has 0 radical (unpaired) electrons. The predicted octanol–water partition coefficient (Wildman–Crippen LogP) is 3.32. The Balaban J connectivity index is 0.00000324. The van der Waals surface area contributed by atoms with Gasteiger partial charge in [0.25, 0.3) is 5.91 Å². The summed E-state index contributed by atoms with van der Waals surface area (Å²) in [6.07, 6.45) is 5.81. The lowest BCUT2D eigenvalue weighted by Gasteiger charge is -2.16. The molecule has 0 bridgehead atoms. The van der Waals surface area contributed by atoms with Crippen LogP contribution in [0.25, 0.3) is 22.2 Å². The molecule has 34 heavy (non-hydrogen) atoms. The first kappa shape index (κ1) is 24.8. The molecule has 3 aromatic heterocycles. The number of hydrogen-bond acceptors (Lipinski definition) is 8. The molecule has 0 spiro atoms. The Morgan fingerprint density at radius 3 is 2.59 bits per heavy atom. The van der Waals surface area contributed by atoms with Gasteiger partial charge in [0.1, 0.15) is 12.1 Å². The van der Waals surface area contributed by atoms with Crippen LogP contribution >= 0.6 is 13.5 Å². The second kappa shape index (κ2) is 10.8. The van der Waals surface area contributed by atoms with E-state index in [0.29, 0.717) is 29.0 Å². The second-order valence-electron chi connectivity index (χ2n) is 7.33. The van der Waals surface area contributed by atoms with Crippen molar-refractivity contribution in [1.29, 1.82) is 0 Å². The number of amides is 1. The molecular formula is C23H24FN7O2S. The molecule has 4 aromatic rings. The summed E-state index contributed by atoms with van der Waals surface area (Å²) in [4.78, 5) is 33.2. The van der Waals surface area contributed by atoms with Gasteiger partial charge in [-0.15, -0.1) is 0 Å². The number of hydrogen-bond donors (Lipinski definition) is 2. The van der Waals surface area contributed by atoms with Crippen molar-refractivity contribution in [2.45, 2.75) is 12.8 Å². The van der Waals surface area contributed by atoms with Crippen LogP contribution in [0.15, 0.2) is 49.2 Å².